The first kappa shape index (κ1) is 16.1. The molecule has 6 nitrogen and oxygen atoms in total. The fourth-order valence-corrected chi connectivity index (χ4v) is 3.57. The molecule has 0 bridgehead atoms. The van der Waals surface area contributed by atoms with Crippen LogP contribution < -0.4 is 4.74 Å². The molecule has 6 heteroatoms. The normalized spacial score (nSPS) is 23.0. The van der Waals surface area contributed by atoms with Crippen molar-refractivity contribution in [2.75, 3.05) is 19.7 Å². The zero-order valence-corrected chi connectivity index (χ0v) is 14.6. The van der Waals surface area contributed by atoms with Crippen LogP contribution >= 0.6 is 0 Å². The van der Waals surface area contributed by atoms with Crippen molar-refractivity contribution in [1.29, 1.82) is 0 Å². The number of H-pyrrole nitrogens is 1. The van der Waals surface area contributed by atoms with E-state index < -0.39 is 0 Å². The Morgan fingerprint density at radius 2 is 2.08 bits per heavy atom. The zero-order chi connectivity index (χ0) is 17.4. The minimum Gasteiger partial charge on any atom is -0.493 e. The number of aromatic nitrogens is 2. The van der Waals surface area contributed by atoms with Gasteiger partial charge in [-0.05, 0) is 26.0 Å². The van der Waals surface area contributed by atoms with Crippen molar-refractivity contribution in [1.82, 2.24) is 15.1 Å². The Morgan fingerprint density at radius 1 is 1.32 bits per heavy atom. The molecule has 132 valence electrons. The van der Waals surface area contributed by atoms with Crippen LogP contribution in [0.4, 0.5) is 0 Å². The summed E-state index contributed by atoms with van der Waals surface area (Å²) in [5.74, 6) is 1.26. The maximum Gasteiger partial charge on any atom is 0.274 e. The van der Waals surface area contributed by atoms with E-state index in [1.165, 1.54) is 0 Å². The van der Waals surface area contributed by atoms with Crippen molar-refractivity contribution < 1.29 is 14.3 Å². The van der Waals surface area contributed by atoms with Crippen LogP contribution in [-0.2, 0) is 11.2 Å². The summed E-state index contributed by atoms with van der Waals surface area (Å²) in [7, 11) is 0. The largest absolute Gasteiger partial charge is 0.493 e. The van der Waals surface area contributed by atoms with Gasteiger partial charge in [-0.25, -0.2) is 0 Å². The fourth-order valence-electron chi connectivity index (χ4n) is 3.57. The summed E-state index contributed by atoms with van der Waals surface area (Å²) >= 11 is 0. The lowest BCUT2D eigenvalue weighted by Gasteiger charge is -2.38. The summed E-state index contributed by atoms with van der Waals surface area (Å²) in [5, 5.41) is 7.27. The fraction of sp³-hybridized carbons (Fsp3) is 0.474. The number of benzene rings is 1. The van der Waals surface area contributed by atoms with Crippen LogP contribution in [-0.4, -0.2) is 46.8 Å². The topological polar surface area (TPSA) is 67.5 Å². The summed E-state index contributed by atoms with van der Waals surface area (Å²) in [4.78, 5) is 14.6. The molecule has 2 aliphatic rings. The number of rotatable bonds is 4. The maximum atomic E-state index is 12.8. The smallest absolute Gasteiger partial charge is 0.274 e. The van der Waals surface area contributed by atoms with E-state index in [0.717, 1.165) is 36.5 Å². The third kappa shape index (κ3) is 3.14. The van der Waals surface area contributed by atoms with Gasteiger partial charge < -0.3 is 14.4 Å². The van der Waals surface area contributed by atoms with E-state index in [-0.39, 0.29) is 18.1 Å². The molecule has 0 unspecified atom stereocenters. The number of carbonyl (C=O) groups excluding carboxylic acids is 1. The number of nitrogens with one attached hydrogen (secondary N) is 1. The van der Waals surface area contributed by atoms with E-state index in [2.05, 4.69) is 10.2 Å². The van der Waals surface area contributed by atoms with Gasteiger partial charge in [-0.1, -0.05) is 18.2 Å². The average Bonchev–Trinajstić information content (AvgIpc) is 2.98. The van der Waals surface area contributed by atoms with Crippen LogP contribution in [0.3, 0.4) is 0 Å². The molecular weight excluding hydrogens is 318 g/mol. The van der Waals surface area contributed by atoms with Crippen LogP contribution in [0.25, 0.3) is 0 Å². The van der Waals surface area contributed by atoms with Gasteiger partial charge in [0.1, 0.15) is 5.75 Å². The lowest BCUT2D eigenvalue weighted by Crippen LogP contribution is -2.52. The molecule has 25 heavy (non-hydrogen) atoms. The van der Waals surface area contributed by atoms with Crippen molar-refractivity contribution in [3.63, 3.8) is 0 Å². The van der Waals surface area contributed by atoms with Gasteiger partial charge in [0.2, 0.25) is 0 Å². The van der Waals surface area contributed by atoms with Gasteiger partial charge in [0.05, 0.1) is 24.5 Å². The molecule has 2 atom stereocenters. The molecule has 1 aromatic carbocycles. The Hall–Kier alpha value is -2.34. The van der Waals surface area contributed by atoms with Crippen LogP contribution in [0.1, 0.15) is 41.7 Å². The highest BCUT2D eigenvalue weighted by Gasteiger charge is 2.36. The van der Waals surface area contributed by atoms with Crippen LogP contribution in [0.15, 0.2) is 30.3 Å². The predicted octanol–water partition coefficient (Wildman–Crippen LogP) is 2.58. The van der Waals surface area contributed by atoms with Crippen molar-refractivity contribution in [3.05, 3.63) is 47.3 Å². The van der Waals surface area contributed by atoms with Crippen molar-refractivity contribution in [3.8, 4) is 5.75 Å². The van der Waals surface area contributed by atoms with E-state index in [4.69, 9.17) is 9.47 Å². The van der Waals surface area contributed by atoms with Crippen LogP contribution in [0.5, 0.6) is 5.75 Å². The second kappa shape index (κ2) is 6.52. The number of nitrogens with zero attached hydrogens (tertiary/aromatic N) is 2. The Balaban J connectivity index is 1.35. The molecule has 2 aromatic rings. The lowest BCUT2D eigenvalue weighted by atomic mass is 9.96. The predicted molar refractivity (Wildman–Crippen MR) is 92.6 cm³/mol. The Morgan fingerprint density at radius 3 is 2.84 bits per heavy atom. The first-order valence-electron chi connectivity index (χ1n) is 8.81. The Labute approximate surface area is 147 Å². The Kier molecular flexibility index (Phi) is 4.21. The van der Waals surface area contributed by atoms with Gasteiger partial charge in [0, 0.05) is 31.0 Å². The molecule has 1 amide bonds. The highest BCUT2D eigenvalue weighted by Crippen LogP contribution is 2.31. The van der Waals surface area contributed by atoms with Crippen LogP contribution in [0, 0.1) is 5.92 Å². The molecule has 1 N–H and O–H groups in total. The van der Waals surface area contributed by atoms with Gasteiger partial charge in [0.25, 0.3) is 5.91 Å². The third-order valence-corrected chi connectivity index (χ3v) is 4.91. The van der Waals surface area contributed by atoms with E-state index in [1.807, 2.05) is 49.1 Å². The van der Waals surface area contributed by atoms with Gasteiger partial charge in [-0.3, -0.25) is 9.89 Å². The second-order valence-electron chi connectivity index (χ2n) is 6.96. The van der Waals surface area contributed by atoms with E-state index in [0.29, 0.717) is 18.2 Å². The zero-order valence-electron chi connectivity index (χ0n) is 14.6. The van der Waals surface area contributed by atoms with Gasteiger partial charge >= 0.3 is 0 Å². The monoisotopic (exact) mass is 341 g/mol. The SMILES string of the molecule is C[C@@H]1Cc2c(C(=O)N3CC(COc4ccccc4)C3)n[nH]c2[C@H](C)O1. The molecule has 2 aliphatic heterocycles. The highest BCUT2D eigenvalue weighted by atomic mass is 16.5. The maximum absolute atomic E-state index is 12.8. The van der Waals surface area contributed by atoms with Crippen LogP contribution in [0.2, 0.25) is 0 Å². The highest BCUT2D eigenvalue weighted by molar-refractivity contribution is 5.94. The third-order valence-electron chi connectivity index (χ3n) is 4.91. The van der Waals surface area contributed by atoms with E-state index >= 15 is 0 Å². The lowest BCUT2D eigenvalue weighted by molar-refractivity contribution is -0.00712. The number of para-hydroxylation sites is 1. The first-order chi connectivity index (χ1) is 12.1. The molecule has 0 radical (unpaired) electrons. The molecule has 1 aromatic heterocycles. The molecule has 0 saturated carbocycles. The average molecular weight is 341 g/mol. The molecule has 1 saturated heterocycles. The molecular formula is C19H23N3O3. The number of aromatic amines is 1. The standard InChI is InChI=1S/C19H23N3O3/c1-12-8-16-17(13(2)25-12)20-21-18(16)19(23)22-9-14(10-22)11-24-15-6-4-3-5-7-15/h3-7,12-14H,8-11H2,1-2H3,(H,20,21)/t12-,13+/m1/s1. The van der Waals surface area contributed by atoms with Gasteiger partial charge in [-0.2, -0.15) is 5.10 Å². The minimum atomic E-state index is -0.0452. The summed E-state index contributed by atoms with van der Waals surface area (Å²) < 4.78 is 11.6. The first-order valence-corrected chi connectivity index (χ1v) is 8.81. The number of hydrogen-bond donors (Lipinski definition) is 1. The van der Waals surface area contributed by atoms with E-state index in [1.54, 1.807) is 0 Å². The number of fused-ring (bicyclic) bond motifs is 1. The van der Waals surface area contributed by atoms with Crippen molar-refractivity contribution in [2.24, 2.45) is 5.92 Å². The number of amides is 1. The van der Waals surface area contributed by atoms with Crippen molar-refractivity contribution in [2.45, 2.75) is 32.5 Å². The summed E-state index contributed by atoms with van der Waals surface area (Å²) in [6, 6.07) is 9.77. The van der Waals surface area contributed by atoms with E-state index in [9.17, 15) is 4.79 Å². The molecule has 0 aliphatic carbocycles. The minimum absolute atomic E-state index is 0.00904. The van der Waals surface area contributed by atoms with Gasteiger partial charge in [0.15, 0.2) is 5.69 Å². The number of ether oxygens (including phenoxy) is 2. The van der Waals surface area contributed by atoms with Crippen molar-refractivity contribution >= 4 is 5.91 Å². The number of likely N-dealkylation sites (tertiary alicyclic amines) is 1. The summed E-state index contributed by atoms with van der Waals surface area (Å²) in [6.07, 6.45) is 0.789. The number of carbonyl (C=O) groups is 1. The molecule has 3 heterocycles. The molecule has 4 rings (SSSR count). The van der Waals surface area contributed by atoms with Gasteiger partial charge in [-0.15, -0.1) is 0 Å². The molecule has 1 fully saturated rings. The Bertz CT molecular complexity index is 753. The summed E-state index contributed by atoms with van der Waals surface area (Å²) in [5.41, 5.74) is 2.51. The second-order valence-corrected chi connectivity index (χ2v) is 6.96. The quantitative estimate of drug-likeness (QED) is 0.928. The molecule has 0 spiro atoms. The number of hydrogen-bond acceptors (Lipinski definition) is 4. The summed E-state index contributed by atoms with van der Waals surface area (Å²) in [6.45, 7) is 6.08.